The second-order valence-electron chi connectivity index (χ2n) is 26.1. The molecule has 0 fully saturated rings. The van der Waals surface area contributed by atoms with Gasteiger partial charge in [0, 0.05) is 31.2 Å². The second kappa shape index (κ2) is 28.3. The lowest BCUT2D eigenvalue weighted by atomic mass is 9.81. The molecule has 2 amide bonds. The number of rotatable bonds is 29. The molecule has 0 spiro atoms. The quantitative estimate of drug-likeness (QED) is 0.0400. The number of amides is 2. The fourth-order valence-corrected chi connectivity index (χ4v) is 13.1. The third kappa shape index (κ3) is 20.7. The maximum atomic E-state index is 13.4. The number of benzene rings is 1. The van der Waals surface area contributed by atoms with E-state index >= 15 is 0 Å². The number of hydrogen-bond acceptors (Lipinski definition) is 10. The molecule has 4 N–H and O–H groups in total. The molecule has 72 heavy (non-hydrogen) atoms. The molecule has 8 unspecified atom stereocenters. The molecule has 1 rings (SSSR count). The number of nitrogens with zero attached hydrogens (tertiary/aromatic N) is 1. The number of carbonyl (C=O) groups is 2. The predicted octanol–water partition coefficient (Wildman–Crippen LogP) is 13.3. The maximum Gasteiger partial charge on any atom is 0.404 e. The topological polar surface area (TPSA) is 159 Å². The summed E-state index contributed by atoms with van der Waals surface area (Å²) in [6.07, 6.45) is 2.64. The van der Waals surface area contributed by atoms with Crippen LogP contribution in [-0.2, 0) is 39.0 Å². The Morgan fingerprint density at radius 1 is 0.681 bits per heavy atom. The van der Waals surface area contributed by atoms with Gasteiger partial charge < -0.3 is 38.7 Å². The number of hydroxylamine groups is 2. The molecule has 0 aliphatic carbocycles. The fourth-order valence-electron chi connectivity index (χ4n) is 8.67. The van der Waals surface area contributed by atoms with E-state index in [9.17, 15) is 19.8 Å². The smallest absolute Gasteiger partial charge is 0.404 e. The third-order valence-corrected chi connectivity index (χ3v) is 30.0. The van der Waals surface area contributed by atoms with Crippen molar-refractivity contribution in [1.82, 2.24) is 5.06 Å². The van der Waals surface area contributed by atoms with Crippen LogP contribution in [0, 0.1) is 41.4 Å². The van der Waals surface area contributed by atoms with E-state index in [4.69, 9.17) is 33.3 Å². The Morgan fingerprint density at radius 3 is 1.61 bits per heavy atom. The summed E-state index contributed by atoms with van der Waals surface area (Å²) < 4.78 is 33.6. The van der Waals surface area contributed by atoms with E-state index in [0.717, 1.165) is 12.0 Å². The SMILES string of the molecule is CON(C)C(=O)C(C)C(O[Si](C)(C)C(C)(C)C)C(C)[C@@H](O)CC(O)C=C[C@H](C)[C@H](O[Si](C)(C)C(C)(C)C)[C@@H](C)C=C(C)CC(C)C(O[Si](C)(C)C(C)(C)C)C(C)C(OC(N)=O)[C@@H](C)COCc1ccccc1. The molecule has 0 aromatic heterocycles. The molecule has 1 aromatic carbocycles. The lowest BCUT2D eigenvalue weighted by molar-refractivity contribution is -0.177. The summed E-state index contributed by atoms with van der Waals surface area (Å²) in [7, 11) is -3.96. The van der Waals surface area contributed by atoms with E-state index in [1.54, 1.807) is 13.1 Å². The van der Waals surface area contributed by atoms with Crippen molar-refractivity contribution in [2.75, 3.05) is 20.8 Å². The average Bonchev–Trinajstić information content (AvgIpc) is 3.25. The van der Waals surface area contributed by atoms with E-state index in [1.807, 2.05) is 57.2 Å². The number of aliphatic hydroxyl groups is 2. The molecule has 0 aliphatic rings. The maximum absolute atomic E-state index is 13.4. The number of allylic oxidation sites excluding steroid dienone is 1. The highest BCUT2D eigenvalue weighted by Crippen LogP contribution is 2.43. The summed E-state index contributed by atoms with van der Waals surface area (Å²) >= 11 is 0. The van der Waals surface area contributed by atoms with Gasteiger partial charge in [0.2, 0.25) is 0 Å². The first kappa shape index (κ1) is 67.8. The van der Waals surface area contributed by atoms with Gasteiger partial charge in [0.05, 0.1) is 56.8 Å². The number of nitrogens with two attached hydrogens (primary N) is 1. The molecule has 0 bridgehead atoms. The molecular formula is C57H108N2O10Si3. The molecule has 0 aliphatic heterocycles. The van der Waals surface area contributed by atoms with Gasteiger partial charge in [-0.2, -0.15) is 0 Å². The van der Waals surface area contributed by atoms with Crippen molar-refractivity contribution >= 4 is 37.0 Å². The molecule has 0 saturated carbocycles. The standard InChI is InChI=1S/C57H108N2O10Si3/c1-38(34-41(4)51(68-71(22,23)56(12,13)14)44(7)50(66-54(58)63)42(5)36-65-37-46-29-27-26-28-30-46)33-40(3)49(67-70(20,21)55(9,10)11)39(2)31-32-47(60)35-48(61)43(6)52(45(8)53(62)59(18)64-19)69-72(24,25)57(15,16)17/h26-33,39-45,47-52,60-61H,34-37H2,1-25H3,(H2,58,63)/t39-,40-,41?,42-,43?,44?,45?,47?,48-,49-,50?,51?,52?/m0/s1. The Labute approximate surface area is 443 Å². The van der Waals surface area contributed by atoms with Gasteiger partial charge >= 0.3 is 6.09 Å². The minimum atomic E-state index is -2.38. The zero-order chi connectivity index (χ0) is 56.1. The summed E-state index contributed by atoms with van der Waals surface area (Å²) in [5.41, 5.74) is 8.04. The van der Waals surface area contributed by atoms with Crippen LogP contribution in [0.25, 0.3) is 0 Å². The van der Waals surface area contributed by atoms with Crippen LogP contribution in [0.4, 0.5) is 4.79 Å². The summed E-state index contributed by atoms with van der Waals surface area (Å²) in [4.78, 5) is 31.2. The van der Waals surface area contributed by atoms with E-state index in [2.05, 4.69) is 142 Å². The molecule has 1 aromatic rings. The fraction of sp³-hybridized carbons (Fsp3) is 0.789. The van der Waals surface area contributed by atoms with Crippen molar-refractivity contribution in [2.45, 2.75) is 228 Å². The number of hydrogen-bond donors (Lipinski definition) is 3. The number of primary amides is 1. The minimum Gasteiger partial charge on any atom is -0.446 e. The number of ether oxygens (including phenoxy) is 2. The van der Waals surface area contributed by atoms with Crippen LogP contribution in [0.1, 0.15) is 136 Å². The second-order valence-corrected chi connectivity index (χ2v) is 40.4. The molecule has 15 heteroatoms. The van der Waals surface area contributed by atoms with Crippen molar-refractivity contribution < 1.29 is 47.4 Å². The van der Waals surface area contributed by atoms with Crippen LogP contribution < -0.4 is 5.73 Å². The van der Waals surface area contributed by atoms with Crippen LogP contribution in [0.3, 0.4) is 0 Å². The van der Waals surface area contributed by atoms with E-state index < -0.39 is 67.3 Å². The number of carbonyl (C=O) groups excluding carboxylic acids is 2. The lowest BCUT2D eigenvalue weighted by Gasteiger charge is -2.45. The van der Waals surface area contributed by atoms with Gasteiger partial charge in [-0.3, -0.25) is 9.63 Å². The Balaban J connectivity index is 3.59. The van der Waals surface area contributed by atoms with E-state index in [1.165, 1.54) is 17.7 Å². The van der Waals surface area contributed by atoms with Crippen molar-refractivity contribution in [3.8, 4) is 0 Å². The molecule has 12 nitrogen and oxygen atoms in total. The summed E-state index contributed by atoms with van der Waals surface area (Å²) in [5.74, 6) is -1.70. The van der Waals surface area contributed by atoms with E-state index in [-0.39, 0.29) is 69.2 Å². The predicted molar refractivity (Wildman–Crippen MR) is 305 cm³/mol. The van der Waals surface area contributed by atoms with Crippen LogP contribution >= 0.6 is 0 Å². The Bertz CT molecular complexity index is 1840. The third-order valence-electron chi connectivity index (χ3n) is 16.6. The first-order chi connectivity index (χ1) is 32.6. The molecule has 13 atom stereocenters. The Kier molecular flexibility index (Phi) is 26.6. The Hall–Kier alpha value is -2.19. The lowest BCUT2D eigenvalue weighted by Crippen LogP contribution is -2.52. The van der Waals surface area contributed by atoms with Gasteiger partial charge in [-0.15, -0.1) is 0 Å². The van der Waals surface area contributed by atoms with Gasteiger partial charge in [-0.05, 0) is 91.1 Å². The molecule has 0 saturated heterocycles. The minimum absolute atomic E-state index is 0.00357. The van der Waals surface area contributed by atoms with Crippen LogP contribution in [0.2, 0.25) is 54.4 Å². The highest BCUT2D eigenvalue weighted by atomic mass is 28.4. The number of aliphatic hydroxyl groups excluding tert-OH is 2. The summed E-state index contributed by atoms with van der Waals surface area (Å²) in [6.45, 7) is 50.8. The van der Waals surface area contributed by atoms with Crippen molar-refractivity contribution in [1.29, 1.82) is 0 Å². The van der Waals surface area contributed by atoms with E-state index in [0.29, 0.717) is 13.2 Å². The van der Waals surface area contributed by atoms with Crippen LogP contribution in [0.15, 0.2) is 54.1 Å². The molecular weight excluding hydrogens is 957 g/mol. The Morgan fingerprint density at radius 2 is 1.15 bits per heavy atom. The largest absolute Gasteiger partial charge is 0.446 e. The summed E-state index contributed by atoms with van der Waals surface area (Å²) in [5, 5.41) is 24.2. The van der Waals surface area contributed by atoms with Gasteiger partial charge in [0.1, 0.15) is 6.10 Å². The van der Waals surface area contributed by atoms with Gasteiger partial charge in [-0.1, -0.05) is 165 Å². The zero-order valence-corrected chi connectivity index (χ0v) is 53.1. The first-order valence-electron chi connectivity index (χ1n) is 26.8. The van der Waals surface area contributed by atoms with Crippen molar-refractivity contribution in [3.63, 3.8) is 0 Å². The normalized spacial score (nSPS) is 19.3. The monoisotopic (exact) mass is 1060 g/mol. The van der Waals surface area contributed by atoms with Crippen molar-refractivity contribution in [2.24, 2.45) is 47.2 Å². The highest BCUT2D eigenvalue weighted by molar-refractivity contribution is 6.75. The molecule has 418 valence electrons. The first-order valence-corrected chi connectivity index (χ1v) is 35.5. The van der Waals surface area contributed by atoms with Gasteiger partial charge in [0.15, 0.2) is 25.0 Å². The van der Waals surface area contributed by atoms with Crippen molar-refractivity contribution in [3.05, 3.63) is 59.7 Å². The molecule has 0 radical (unpaired) electrons. The zero-order valence-electron chi connectivity index (χ0n) is 50.1. The summed E-state index contributed by atoms with van der Waals surface area (Å²) in [6, 6.07) is 10.0. The van der Waals surface area contributed by atoms with Gasteiger partial charge in [-0.25, -0.2) is 9.86 Å². The van der Waals surface area contributed by atoms with Gasteiger partial charge in [0.25, 0.3) is 5.91 Å². The average molecular weight is 1070 g/mol. The highest BCUT2D eigenvalue weighted by Gasteiger charge is 2.47. The van der Waals surface area contributed by atoms with Crippen LogP contribution in [0.5, 0.6) is 0 Å². The molecule has 0 heterocycles. The van der Waals surface area contributed by atoms with Crippen LogP contribution in [-0.4, -0.2) is 110 Å².